The van der Waals surface area contributed by atoms with E-state index in [9.17, 15) is 5.11 Å². The zero-order chi connectivity index (χ0) is 18.9. The molecule has 0 aliphatic heterocycles. The zero-order valence-corrected chi connectivity index (χ0v) is 16.3. The third-order valence-corrected chi connectivity index (χ3v) is 6.26. The summed E-state index contributed by atoms with van der Waals surface area (Å²) in [6.07, 6.45) is 4.13. The Kier molecular flexibility index (Phi) is 5.03. The second-order valence-corrected chi connectivity index (χ2v) is 8.16. The Balaban J connectivity index is 1.80. The third-order valence-electron chi connectivity index (χ3n) is 6.26. The minimum Gasteiger partial charge on any atom is -0.385 e. The molecule has 0 amide bonds. The fourth-order valence-corrected chi connectivity index (χ4v) is 4.96. The van der Waals surface area contributed by atoms with E-state index >= 15 is 0 Å². The van der Waals surface area contributed by atoms with Gasteiger partial charge in [-0.25, -0.2) is 0 Å². The van der Waals surface area contributed by atoms with Gasteiger partial charge < -0.3 is 10.0 Å². The molecule has 2 heteroatoms. The van der Waals surface area contributed by atoms with Gasteiger partial charge in [-0.05, 0) is 54.9 Å². The topological polar surface area (TPSA) is 23.5 Å². The molecule has 3 aromatic carbocycles. The summed E-state index contributed by atoms with van der Waals surface area (Å²) in [5.41, 5.74) is 1.55. The smallest absolute Gasteiger partial charge is 0.0943 e. The molecule has 0 bridgehead atoms. The van der Waals surface area contributed by atoms with Crippen molar-refractivity contribution in [1.29, 1.82) is 0 Å². The van der Waals surface area contributed by atoms with Crippen molar-refractivity contribution < 1.29 is 5.11 Å². The van der Waals surface area contributed by atoms with E-state index in [1.807, 2.05) is 0 Å². The lowest BCUT2D eigenvalue weighted by Crippen LogP contribution is -2.45. The normalized spacial score (nSPS) is 24.2. The van der Waals surface area contributed by atoms with Crippen molar-refractivity contribution in [1.82, 2.24) is 4.90 Å². The SMILES string of the molecule is CN(C)C(c1ccccc1)C1CCCCC1(O)c1ccc2ccccc2c1. The van der Waals surface area contributed by atoms with Crippen LogP contribution in [0, 0.1) is 5.92 Å². The first-order valence-corrected chi connectivity index (χ1v) is 10.0. The van der Waals surface area contributed by atoms with E-state index in [4.69, 9.17) is 0 Å². The lowest BCUT2D eigenvalue weighted by atomic mass is 9.66. The number of benzene rings is 3. The average molecular weight is 360 g/mol. The molecule has 1 aliphatic rings. The Morgan fingerprint density at radius 2 is 1.59 bits per heavy atom. The molecule has 1 saturated carbocycles. The van der Waals surface area contributed by atoms with Crippen LogP contribution in [0.5, 0.6) is 0 Å². The van der Waals surface area contributed by atoms with Gasteiger partial charge in [0.2, 0.25) is 0 Å². The lowest BCUT2D eigenvalue weighted by Gasteiger charge is -2.46. The van der Waals surface area contributed by atoms with E-state index in [0.29, 0.717) is 0 Å². The first kappa shape index (κ1) is 18.2. The zero-order valence-electron chi connectivity index (χ0n) is 16.3. The summed E-state index contributed by atoms with van der Waals surface area (Å²) in [6.45, 7) is 0. The highest BCUT2D eigenvalue weighted by Crippen LogP contribution is 2.49. The van der Waals surface area contributed by atoms with Crippen LogP contribution in [0.2, 0.25) is 0 Å². The summed E-state index contributed by atoms with van der Waals surface area (Å²) < 4.78 is 0. The van der Waals surface area contributed by atoms with Gasteiger partial charge in [0, 0.05) is 12.0 Å². The largest absolute Gasteiger partial charge is 0.385 e. The summed E-state index contributed by atoms with van der Waals surface area (Å²) in [5, 5.41) is 14.4. The first-order valence-electron chi connectivity index (χ1n) is 10.0. The Labute approximate surface area is 162 Å². The van der Waals surface area contributed by atoms with Crippen molar-refractivity contribution in [3.63, 3.8) is 0 Å². The predicted molar refractivity (Wildman–Crippen MR) is 113 cm³/mol. The summed E-state index contributed by atoms with van der Waals surface area (Å²) in [5.74, 6) is 0.171. The Morgan fingerprint density at radius 3 is 2.33 bits per heavy atom. The molecule has 140 valence electrons. The number of hydrogen-bond donors (Lipinski definition) is 1. The van der Waals surface area contributed by atoms with Crippen LogP contribution in [-0.4, -0.2) is 24.1 Å². The molecule has 3 aromatic rings. The Bertz CT molecular complexity index is 904. The molecular weight excluding hydrogens is 330 g/mol. The number of fused-ring (bicyclic) bond motifs is 1. The molecule has 1 fully saturated rings. The molecule has 2 nitrogen and oxygen atoms in total. The van der Waals surface area contributed by atoms with Crippen molar-refractivity contribution in [3.8, 4) is 0 Å². The number of nitrogens with zero attached hydrogens (tertiary/aromatic N) is 1. The second kappa shape index (κ2) is 7.46. The molecule has 3 atom stereocenters. The van der Waals surface area contributed by atoms with Gasteiger partial charge in [0.05, 0.1) is 5.60 Å². The van der Waals surface area contributed by atoms with E-state index in [-0.39, 0.29) is 12.0 Å². The van der Waals surface area contributed by atoms with E-state index in [1.165, 1.54) is 22.8 Å². The van der Waals surface area contributed by atoms with Gasteiger partial charge in [-0.3, -0.25) is 0 Å². The van der Waals surface area contributed by atoms with E-state index in [0.717, 1.165) is 24.8 Å². The van der Waals surface area contributed by atoms with Crippen LogP contribution in [0.1, 0.15) is 42.9 Å². The van der Waals surface area contributed by atoms with Crippen LogP contribution in [0.3, 0.4) is 0 Å². The number of aliphatic hydroxyl groups is 1. The van der Waals surface area contributed by atoms with E-state index in [2.05, 4.69) is 91.8 Å². The molecule has 4 rings (SSSR count). The maximum absolute atomic E-state index is 12.0. The van der Waals surface area contributed by atoms with Crippen LogP contribution < -0.4 is 0 Å². The molecule has 1 N–H and O–H groups in total. The predicted octanol–water partition coefficient (Wildman–Crippen LogP) is 5.52. The van der Waals surface area contributed by atoms with Gasteiger partial charge in [-0.2, -0.15) is 0 Å². The highest BCUT2D eigenvalue weighted by molar-refractivity contribution is 5.83. The van der Waals surface area contributed by atoms with Crippen molar-refractivity contribution in [2.75, 3.05) is 14.1 Å². The van der Waals surface area contributed by atoms with Crippen LogP contribution in [0.4, 0.5) is 0 Å². The molecule has 27 heavy (non-hydrogen) atoms. The van der Waals surface area contributed by atoms with E-state index < -0.39 is 5.60 Å². The molecule has 3 unspecified atom stereocenters. The highest BCUT2D eigenvalue weighted by Gasteiger charge is 2.45. The first-order chi connectivity index (χ1) is 13.1. The fraction of sp³-hybridized carbons (Fsp3) is 0.360. The standard InChI is InChI=1S/C25H29NO/c1-26(2)24(20-11-4-3-5-12-20)23-14-8-9-17-25(23,27)22-16-15-19-10-6-7-13-21(19)18-22/h3-7,10-13,15-16,18,23-24,27H,8-9,14,17H2,1-2H3. The van der Waals surface area contributed by atoms with Gasteiger partial charge >= 0.3 is 0 Å². The summed E-state index contributed by atoms with van der Waals surface area (Å²) in [6, 6.07) is 25.8. The van der Waals surface area contributed by atoms with Gasteiger partial charge in [0.15, 0.2) is 0 Å². The van der Waals surface area contributed by atoms with Gasteiger partial charge in [-0.1, -0.05) is 79.6 Å². The maximum atomic E-state index is 12.0. The average Bonchev–Trinajstić information content (AvgIpc) is 2.70. The number of hydrogen-bond acceptors (Lipinski definition) is 2. The summed E-state index contributed by atoms with van der Waals surface area (Å²) >= 11 is 0. The molecule has 0 radical (unpaired) electrons. The lowest BCUT2D eigenvalue weighted by molar-refractivity contribution is -0.0837. The summed E-state index contributed by atoms with van der Waals surface area (Å²) in [7, 11) is 4.26. The van der Waals surface area contributed by atoms with Crippen LogP contribution in [0.25, 0.3) is 10.8 Å². The van der Waals surface area contributed by atoms with Crippen molar-refractivity contribution >= 4 is 10.8 Å². The Morgan fingerprint density at radius 1 is 0.889 bits per heavy atom. The third kappa shape index (κ3) is 3.40. The molecule has 0 spiro atoms. The molecular formula is C25H29NO. The minimum absolute atomic E-state index is 0.171. The maximum Gasteiger partial charge on any atom is 0.0943 e. The molecule has 0 saturated heterocycles. The Hall–Kier alpha value is -2.16. The van der Waals surface area contributed by atoms with Crippen molar-refractivity contribution in [3.05, 3.63) is 83.9 Å². The van der Waals surface area contributed by atoms with Crippen LogP contribution in [-0.2, 0) is 5.60 Å². The molecule has 0 heterocycles. The highest BCUT2D eigenvalue weighted by atomic mass is 16.3. The van der Waals surface area contributed by atoms with E-state index in [1.54, 1.807) is 0 Å². The second-order valence-electron chi connectivity index (χ2n) is 8.16. The quantitative estimate of drug-likeness (QED) is 0.663. The van der Waals surface area contributed by atoms with Gasteiger partial charge in [0.25, 0.3) is 0 Å². The molecule has 0 aromatic heterocycles. The van der Waals surface area contributed by atoms with Crippen molar-refractivity contribution in [2.45, 2.75) is 37.3 Å². The van der Waals surface area contributed by atoms with Gasteiger partial charge in [0.1, 0.15) is 0 Å². The summed E-state index contributed by atoms with van der Waals surface area (Å²) in [4.78, 5) is 2.28. The van der Waals surface area contributed by atoms with Crippen LogP contribution >= 0.6 is 0 Å². The monoisotopic (exact) mass is 359 g/mol. The fourth-order valence-electron chi connectivity index (χ4n) is 4.96. The van der Waals surface area contributed by atoms with Gasteiger partial charge in [-0.15, -0.1) is 0 Å². The molecule has 1 aliphatic carbocycles. The van der Waals surface area contributed by atoms with Crippen molar-refractivity contribution in [2.24, 2.45) is 5.92 Å². The van der Waals surface area contributed by atoms with Crippen LogP contribution in [0.15, 0.2) is 72.8 Å². The minimum atomic E-state index is -0.799. The number of rotatable bonds is 4.